The van der Waals surface area contributed by atoms with Crippen LogP contribution < -0.4 is 5.32 Å². The molecule has 1 N–H and O–H groups in total. The Hall–Kier alpha value is -2.28. The monoisotopic (exact) mass is 240 g/mol. The second-order valence-corrected chi connectivity index (χ2v) is 4.27. The molecule has 4 nitrogen and oxygen atoms in total. The third kappa shape index (κ3) is 2.69. The van der Waals surface area contributed by atoms with Gasteiger partial charge in [0.2, 0.25) is 0 Å². The molecular formula is C14H16N4. The molecule has 0 aliphatic carbocycles. The maximum atomic E-state index is 8.94. The fourth-order valence-electron chi connectivity index (χ4n) is 1.96. The number of nitriles is 1. The van der Waals surface area contributed by atoms with Gasteiger partial charge < -0.3 is 5.32 Å². The van der Waals surface area contributed by atoms with E-state index in [1.54, 1.807) is 4.68 Å². The largest absolute Gasteiger partial charge is 0.374 e. The van der Waals surface area contributed by atoms with Crippen molar-refractivity contribution < 1.29 is 0 Å². The predicted molar refractivity (Wildman–Crippen MR) is 71.0 cm³/mol. The van der Waals surface area contributed by atoms with Crippen molar-refractivity contribution in [3.8, 4) is 6.07 Å². The van der Waals surface area contributed by atoms with Gasteiger partial charge >= 0.3 is 0 Å². The molecule has 0 radical (unpaired) electrons. The molecule has 4 heteroatoms. The normalized spacial score (nSPS) is 11.8. The smallest absolute Gasteiger partial charge is 0.0825 e. The molecule has 92 valence electrons. The quantitative estimate of drug-likeness (QED) is 0.894. The first-order valence-corrected chi connectivity index (χ1v) is 5.89. The minimum absolute atomic E-state index is 0.000833. The zero-order valence-corrected chi connectivity index (χ0v) is 10.6. The molecule has 1 aromatic carbocycles. The SMILES string of the molecule is Cc1nn(C)cc1NC(CC#N)c1ccccc1. The Morgan fingerprint density at radius 3 is 2.67 bits per heavy atom. The minimum Gasteiger partial charge on any atom is -0.374 e. The maximum Gasteiger partial charge on any atom is 0.0825 e. The summed E-state index contributed by atoms with van der Waals surface area (Å²) in [7, 11) is 1.89. The van der Waals surface area contributed by atoms with E-state index in [1.807, 2.05) is 50.5 Å². The van der Waals surface area contributed by atoms with Crippen LogP contribution in [0, 0.1) is 18.3 Å². The zero-order chi connectivity index (χ0) is 13.0. The molecule has 0 amide bonds. The van der Waals surface area contributed by atoms with E-state index < -0.39 is 0 Å². The summed E-state index contributed by atoms with van der Waals surface area (Å²) in [4.78, 5) is 0. The average Bonchev–Trinajstić information content (AvgIpc) is 2.68. The van der Waals surface area contributed by atoms with Gasteiger partial charge in [0.15, 0.2) is 0 Å². The number of nitrogens with zero attached hydrogens (tertiary/aromatic N) is 3. The fraction of sp³-hybridized carbons (Fsp3) is 0.286. The van der Waals surface area contributed by atoms with E-state index in [1.165, 1.54) is 0 Å². The number of benzene rings is 1. The maximum absolute atomic E-state index is 8.94. The van der Waals surface area contributed by atoms with Gasteiger partial charge in [-0.1, -0.05) is 30.3 Å². The van der Waals surface area contributed by atoms with Crippen LogP contribution in [0.3, 0.4) is 0 Å². The van der Waals surface area contributed by atoms with Crippen molar-refractivity contribution in [1.29, 1.82) is 5.26 Å². The molecule has 0 fully saturated rings. The lowest BCUT2D eigenvalue weighted by atomic mass is 10.0. The van der Waals surface area contributed by atoms with Gasteiger partial charge in [0.05, 0.1) is 29.9 Å². The lowest BCUT2D eigenvalue weighted by Crippen LogP contribution is -2.10. The average molecular weight is 240 g/mol. The van der Waals surface area contributed by atoms with Crippen LogP contribution >= 0.6 is 0 Å². The van der Waals surface area contributed by atoms with Crippen molar-refractivity contribution in [2.24, 2.45) is 7.05 Å². The Balaban J connectivity index is 2.22. The number of hydrogen-bond acceptors (Lipinski definition) is 3. The molecule has 1 unspecified atom stereocenters. The van der Waals surface area contributed by atoms with Crippen molar-refractivity contribution in [2.75, 3.05) is 5.32 Å². The topological polar surface area (TPSA) is 53.6 Å². The van der Waals surface area contributed by atoms with E-state index in [0.29, 0.717) is 6.42 Å². The Kier molecular flexibility index (Phi) is 3.63. The molecular weight excluding hydrogens is 224 g/mol. The van der Waals surface area contributed by atoms with Crippen molar-refractivity contribution >= 4 is 5.69 Å². The second-order valence-electron chi connectivity index (χ2n) is 4.27. The highest BCUT2D eigenvalue weighted by Gasteiger charge is 2.13. The Morgan fingerprint density at radius 2 is 2.11 bits per heavy atom. The molecule has 0 aliphatic heterocycles. The van der Waals surface area contributed by atoms with Crippen LogP contribution in [0.5, 0.6) is 0 Å². The molecule has 1 heterocycles. The molecule has 0 saturated heterocycles. The van der Waals surface area contributed by atoms with Crippen LogP contribution in [-0.2, 0) is 7.05 Å². The van der Waals surface area contributed by atoms with Gasteiger partial charge in [-0.15, -0.1) is 0 Å². The number of aromatic nitrogens is 2. The summed E-state index contributed by atoms with van der Waals surface area (Å²) < 4.78 is 1.77. The van der Waals surface area contributed by atoms with E-state index >= 15 is 0 Å². The second kappa shape index (κ2) is 5.37. The number of aryl methyl sites for hydroxylation is 2. The molecule has 18 heavy (non-hydrogen) atoms. The van der Waals surface area contributed by atoms with E-state index in [4.69, 9.17) is 5.26 Å². The predicted octanol–water partition coefficient (Wildman–Crippen LogP) is 2.80. The molecule has 1 atom stereocenters. The summed E-state index contributed by atoms with van der Waals surface area (Å²) in [6.45, 7) is 1.96. The van der Waals surface area contributed by atoms with Crippen LogP contribution in [0.4, 0.5) is 5.69 Å². The van der Waals surface area contributed by atoms with E-state index in [0.717, 1.165) is 16.9 Å². The zero-order valence-electron chi connectivity index (χ0n) is 10.6. The summed E-state index contributed by atoms with van der Waals surface area (Å²) in [5, 5.41) is 16.6. The van der Waals surface area contributed by atoms with Gasteiger partial charge in [-0.3, -0.25) is 4.68 Å². The lowest BCUT2D eigenvalue weighted by Gasteiger charge is -2.16. The van der Waals surface area contributed by atoms with E-state index in [2.05, 4.69) is 16.5 Å². The van der Waals surface area contributed by atoms with Crippen molar-refractivity contribution in [2.45, 2.75) is 19.4 Å². The summed E-state index contributed by atoms with van der Waals surface area (Å²) in [5.41, 5.74) is 3.03. The third-order valence-corrected chi connectivity index (χ3v) is 2.84. The molecule has 0 saturated carbocycles. The van der Waals surface area contributed by atoms with Crippen LogP contribution in [0.25, 0.3) is 0 Å². The highest BCUT2D eigenvalue weighted by atomic mass is 15.3. The molecule has 0 aliphatic rings. The van der Waals surface area contributed by atoms with Crippen molar-refractivity contribution in [3.63, 3.8) is 0 Å². The van der Waals surface area contributed by atoms with Crippen LogP contribution in [0.2, 0.25) is 0 Å². The van der Waals surface area contributed by atoms with Gasteiger partial charge in [-0.2, -0.15) is 10.4 Å². The summed E-state index contributed by atoms with van der Waals surface area (Å²) in [5.74, 6) is 0. The Labute approximate surface area is 107 Å². The summed E-state index contributed by atoms with van der Waals surface area (Å²) in [6.07, 6.45) is 2.36. The number of rotatable bonds is 4. The Morgan fingerprint density at radius 1 is 1.39 bits per heavy atom. The standard InChI is InChI=1S/C14H16N4/c1-11-14(10-18(2)17-11)16-13(8-9-15)12-6-4-3-5-7-12/h3-7,10,13,16H,8H2,1-2H3. The highest BCUT2D eigenvalue weighted by Crippen LogP contribution is 2.23. The number of anilines is 1. The molecule has 0 spiro atoms. The highest BCUT2D eigenvalue weighted by molar-refractivity contribution is 5.48. The van der Waals surface area contributed by atoms with E-state index in [9.17, 15) is 0 Å². The molecule has 0 bridgehead atoms. The fourth-order valence-corrected chi connectivity index (χ4v) is 1.96. The molecule has 2 rings (SSSR count). The van der Waals surface area contributed by atoms with Gasteiger partial charge in [0, 0.05) is 13.2 Å². The molecule has 2 aromatic rings. The number of nitrogens with one attached hydrogen (secondary N) is 1. The van der Waals surface area contributed by atoms with Crippen LogP contribution in [0.1, 0.15) is 23.7 Å². The van der Waals surface area contributed by atoms with E-state index in [-0.39, 0.29) is 6.04 Å². The Bertz CT molecular complexity index is 551. The molecule has 1 aromatic heterocycles. The van der Waals surface area contributed by atoms with Crippen LogP contribution in [-0.4, -0.2) is 9.78 Å². The van der Waals surface area contributed by atoms with Gasteiger partial charge in [-0.05, 0) is 12.5 Å². The first-order valence-electron chi connectivity index (χ1n) is 5.89. The summed E-state index contributed by atoms with van der Waals surface area (Å²) >= 11 is 0. The lowest BCUT2D eigenvalue weighted by molar-refractivity contribution is 0.756. The van der Waals surface area contributed by atoms with Gasteiger partial charge in [-0.25, -0.2) is 0 Å². The van der Waals surface area contributed by atoms with Crippen molar-refractivity contribution in [3.05, 3.63) is 47.8 Å². The first kappa shape index (κ1) is 12.2. The first-order chi connectivity index (χ1) is 8.70. The van der Waals surface area contributed by atoms with Crippen molar-refractivity contribution in [1.82, 2.24) is 9.78 Å². The van der Waals surface area contributed by atoms with Crippen LogP contribution in [0.15, 0.2) is 36.5 Å². The summed E-state index contributed by atoms with van der Waals surface area (Å²) in [6, 6.07) is 12.2. The van der Waals surface area contributed by atoms with Gasteiger partial charge in [0.1, 0.15) is 0 Å². The minimum atomic E-state index is -0.000833. The third-order valence-electron chi connectivity index (χ3n) is 2.84. The van der Waals surface area contributed by atoms with Gasteiger partial charge in [0.25, 0.3) is 0 Å². The number of hydrogen-bond donors (Lipinski definition) is 1.